The molecule has 6 rings (SSSR count). The zero-order valence-corrected chi connectivity index (χ0v) is 15.5. The van der Waals surface area contributed by atoms with Crippen molar-refractivity contribution < 1.29 is 19.4 Å². The van der Waals surface area contributed by atoms with Crippen molar-refractivity contribution >= 4 is 0 Å². The summed E-state index contributed by atoms with van der Waals surface area (Å²) in [5.74, 6) is 1.66. The van der Waals surface area contributed by atoms with E-state index in [1.807, 2.05) is 0 Å². The molecule has 1 aromatic rings. The second-order valence-corrected chi connectivity index (χ2v) is 9.80. The first-order valence-electron chi connectivity index (χ1n) is 10.2. The second kappa shape index (κ2) is 4.48. The quantitative estimate of drug-likeness (QED) is 0.634. The van der Waals surface area contributed by atoms with Crippen LogP contribution >= 0.6 is 0 Å². The summed E-state index contributed by atoms with van der Waals surface area (Å²) in [6, 6.07) is 4.05. The predicted octanol–water partition coefficient (Wildman–Crippen LogP) is 2.66. The van der Waals surface area contributed by atoms with Crippen LogP contribution in [0.5, 0.6) is 11.5 Å². The van der Waals surface area contributed by atoms with E-state index in [1.54, 1.807) is 6.07 Å². The van der Waals surface area contributed by atoms with Gasteiger partial charge in [0.15, 0.2) is 11.5 Å². The molecule has 2 heterocycles. The highest BCUT2D eigenvalue weighted by molar-refractivity contribution is 5.63. The summed E-state index contributed by atoms with van der Waals surface area (Å²) in [7, 11) is 2.37. The van der Waals surface area contributed by atoms with E-state index >= 15 is 0 Å². The number of phenols is 1. The minimum Gasteiger partial charge on any atom is -0.504 e. The van der Waals surface area contributed by atoms with Crippen LogP contribution in [0.25, 0.3) is 0 Å². The van der Waals surface area contributed by atoms with Gasteiger partial charge in [0.1, 0.15) is 17.7 Å². The number of likely N-dealkylation sites (tertiary alicyclic amines) is 1. The number of hydrogen-bond donors (Lipinski definition) is 2. The van der Waals surface area contributed by atoms with Gasteiger partial charge in [-0.05, 0) is 42.9 Å². The zero-order valence-electron chi connectivity index (χ0n) is 15.5. The lowest BCUT2D eigenvalue weighted by Crippen LogP contribution is -2.80. The third-order valence-electron chi connectivity index (χ3n) is 8.43. The number of phenolic OH excluding ortho intramolecular Hbond substituents is 1. The van der Waals surface area contributed by atoms with Gasteiger partial charge in [0.25, 0.3) is 0 Å². The van der Waals surface area contributed by atoms with Crippen LogP contribution in [0.3, 0.4) is 0 Å². The van der Waals surface area contributed by atoms with Crippen molar-refractivity contribution in [2.24, 2.45) is 5.92 Å². The summed E-state index contributed by atoms with van der Waals surface area (Å²) in [4.78, 5) is 0. The van der Waals surface area contributed by atoms with Crippen molar-refractivity contribution in [3.63, 3.8) is 0 Å². The lowest BCUT2D eigenvalue weighted by molar-refractivity contribution is -0.950. The SMILES string of the molecule is C=C1CCC2(O)[C@H]3Cc4ccc(O)c5c4[C@@]2(CC[N+]3(C)CC2CC2)[C@H]1O5. The van der Waals surface area contributed by atoms with Crippen LogP contribution < -0.4 is 4.74 Å². The summed E-state index contributed by atoms with van der Waals surface area (Å²) < 4.78 is 7.32. The Balaban J connectivity index is 1.60. The Hall–Kier alpha value is -1.52. The Morgan fingerprint density at radius 3 is 2.88 bits per heavy atom. The van der Waals surface area contributed by atoms with Gasteiger partial charge in [-0.15, -0.1) is 0 Å². The Morgan fingerprint density at radius 2 is 2.12 bits per heavy atom. The monoisotopic (exact) mass is 354 g/mol. The van der Waals surface area contributed by atoms with Gasteiger partial charge in [0.05, 0.1) is 25.6 Å². The van der Waals surface area contributed by atoms with Gasteiger partial charge >= 0.3 is 0 Å². The van der Waals surface area contributed by atoms with Gasteiger partial charge in [-0.1, -0.05) is 12.6 Å². The van der Waals surface area contributed by atoms with Crippen LogP contribution in [0.1, 0.15) is 43.2 Å². The van der Waals surface area contributed by atoms with E-state index in [0.717, 1.165) is 53.8 Å². The van der Waals surface area contributed by atoms with Crippen LogP contribution in [0, 0.1) is 5.92 Å². The van der Waals surface area contributed by atoms with Gasteiger partial charge in [-0.25, -0.2) is 0 Å². The van der Waals surface area contributed by atoms with E-state index in [2.05, 4.69) is 19.7 Å². The fourth-order valence-corrected chi connectivity index (χ4v) is 7.07. The first-order chi connectivity index (χ1) is 12.4. The van der Waals surface area contributed by atoms with Crippen LogP contribution in [-0.2, 0) is 11.8 Å². The number of quaternary nitrogens is 1. The van der Waals surface area contributed by atoms with Crippen molar-refractivity contribution in [2.75, 3.05) is 20.1 Å². The summed E-state index contributed by atoms with van der Waals surface area (Å²) in [6.07, 6.45) is 5.88. The number of aromatic hydroxyl groups is 1. The number of nitrogens with zero attached hydrogens (tertiary/aromatic N) is 1. The van der Waals surface area contributed by atoms with E-state index < -0.39 is 11.0 Å². The highest BCUT2D eigenvalue weighted by atomic mass is 16.5. The Labute approximate surface area is 154 Å². The molecule has 0 aromatic heterocycles. The topological polar surface area (TPSA) is 49.7 Å². The smallest absolute Gasteiger partial charge is 0.166 e. The molecule has 4 nitrogen and oxygen atoms in total. The molecular weight excluding hydrogens is 326 g/mol. The molecule has 2 N–H and O–H groups in total. The van der Waals surface area contributed by atoms with Gasteiger partial charge in [0, 0.05) is 24.3 Å². The van der Waals surface area contributed by atoms with Crippen molar-refractivity contribution in [1.82, 2.24) is 0 Å². The second-order valence-electron chi connectivity index (χ2n) is 9.80. The van der Waals surface area contributed by atoms with E-state index in [4.69, 9.17) is 4.74 Å². The number of likely N-dealkylation sites (N-methyl/N-ethyl adjacent to an activating group) is 1. The maximum Gasteiger partial charge on any atom is 0.166 e. The fourth-order valence-electron chi connectivity index (χ4n) is 7.07. The molecule has 1 aromatic carbocycles. The Kier molecular flexibility index (Phi) is 2.67. The highest BCUT2D eigenvalue weighted by Crippen LogP contribution is 2.67. The Morgan fingerprint density at radius 1 is 1.31 bits per heavy atom. The van der Waals surface area contributed by atoms with E-state index in [-0.39, 0.29) is 17.9 Å². The maximum atomic E-state index is 12.3. The summed E-state index contributed by atoms with van der Waals surface area (Å²) in [5, 5.41) is 22.7. The number of ether oxygens (including phenoxy) is 1. The summed E-state index contributed by atoms with van der Waals surface area (Å²) in [6.45, 7) is 6.57. The molecule has 4 heteroatoms. The number of aliphatic hydroxyl groups is 1. The van der Waals surface area contributed by atoms with E-state index in [0.29, 0.717) is 5.75 Å². The number of piperidine rings is 1. The molecule has 2 saturated carbocycles. The first kappa shape index (κ1) is 15.5. The molecule has 0 amide bonds. The average Bonchev–Trinajstić information content (AvgIpc) is 3.32. The van der Waals surface area contributed by atoms with E-state index in [9.17, 15) is 10.2 Å². The van der Waals surface area contributed by atoms with Crippen molar-refractivity contribution in [3.05, 3.63) is 35.4 Å². The molecule has 5 aliphatic rings. The average molecular weight is 354 g/mol. The third-order valence-corrected chi connectivity index (χ3v) is 8.43. The molecule has 3 aliphatic carbocycles. The molecule has 2 aliphatic heterocycles. The minimum atomic E-state index is -0.771. The fraction of sp³-hybridized carbons (Fsp3) is 0.636. The molecular formula is C22H28NO3+. The van der Waals surface area contributed by atoms with Gasteiger partial charge in [-0.3, -0.25) is 0 Å². The van der Waals surface area contributed by atoms with Crippen LogP contribution in [0.2, 0.25) is 0 Å². The maximum absolute atomic E-state index is 12.3. The van der Waals surface area contributed by atoms with Crippen LogP contribution in [-0.4, -0.2) is 52.6 Å². The molecule has 0 radical (unpaired) electrons. The molecule has 5 atom stereocenters. The molecule has 2 unspecified atom stereocenters. The van der Waals surface area contributed by atoms with Crippen LogP contribution in [0.15, 0.2) is 24.3 Å². The Bertz CT molecular complexity index is 846. The first-order valence-corrected chi connectivity index (χ1v) is 10.2. The third kappa shape index (κ3) is 1.56. The number of benzene rings is 1. The largest absolute Gasteiger partial charge is 0.504 e. The van der Waals surface area contributed by atoms with Crippen molar-refractivity contribution in [3.8, 4) is 11.5 Å². The summed E-state index contributed by atoms with van der Waals surface area (Å²) >= 11 is 0. The van der Waals surface area contributed by atoms with Gasteiger partial charge in [0.2, 0.25) is 0 Å². The minimum absolute atomic E-state index is 0.194. The van der Waals surface area contributed by atoms with E-state index in [1.165, 1.54) is 24.9 Å². The number of hydrogen-bond acceptors (Lipinski definition) is 3. The van der Waals surface area contributed by atoms with Crippen LogP contribution in [0.4, 0.5) is 0 Å². The lowest BCUT2D eigenvalue weighted by Gasteiger charge is -2.65. The normalized spacial score (nSPS) is 45.2. The predicted molar refractivity (Wildman–Crippen MR) is 98.3 cm³/mol. The molecule has 3 fully saturated rings. The standard InChI is InChI=1S/C22H27NO3/c1-13-7-8-22(25)17-11-15-5-6-16(24)19-18(15)21(22,20(13)26-19)9-10-23(17,2)12-14-3-4-14/h5-6,14,17,20,25H,1,3-4,7-12H2,2H3/p+1/t17-,20+,21+,22?,23?/m1/s1. The number of rotatable bonds is 2. The van der Waals surface area contributed by atoms with Gasteiger partial charge < -0.3 is 19.4 Å². The highest BCUT2D eigenvalue weighted by Gasteiger charge is 2.75. The zero-order chi connectivity index (χ0) is 17.9. The molecule has 1 spiro atoms. The summed E-state index contributed by atoms with van der Waals surface area (Å²) in [5.41, 5.74) is 2.25. The lowest BCUT2D eigenvalue weighted by atomic mass is 9.48. The van der Waals surface area contributed by atoms with Crippen molar-refractivity contribution in [1.29, 1.82) is 0 Å². The molecule has 26 heavy (non-hydrogen) atoms. The molecule has 2 bridgehead atoms. The molecule has 138 valence electrons. The van der Waals surface area contributed by atoms with Crippen molar-refractivity contribution in [2.45, 2.75) is 61.7 Å². The van der Waals surface area contributed by atoms with Gasteiger partial charge in [-0.2, -0.15) is 0 Å². The molecule has 1 saturated heterocycles.